The molecule has 0 saturated heterocycles. The van der Waals surface area contributed by atoms with E-state index in [1.165, 1.54) is 16.3 Å². The van der Waals surface area contributed by atoms with Crippen molar-refractivity contribution in [3.05, 3.63) is 63.6 Å². The monoisotopic (exact) mass is 271 g/mol. The molecular formula is C16H21N3O. The largest absolute Gasteiger partial charge is 0.319 e. The highest BCUT2D eigenvalue weighted by Crippen LogP contribution is 2.17. The first-order chi connectivity index (χ1) is 9.65. The molecule has 1 aromatic heterocycles. The van der Waals surface area contributed by atoms with Crippen molar-refractivity contribution in [2.24, 2.45) is 5.73 Å². The van der Waals surface area contributed by atoms with E-state index >= 15 is 0 Å². The average molecular weight is 271 g/mol. The second-order valence-electron chi connectivity index (χ2n) is 4.89. The molecule has 0 amide bonds. The second-order valence-corrected chi connectivity index (χ2v) is 4.89. The van der Waals surface area contributed by atoms with Crippen LogP contribution in [0, 0.1) is 0 Å². The van der Waals surface area contributed by atoms with Crippen molar-refractivity contribution >= 4 is 0 Å². The van der Waals surface area contributed by atoms with Gasteiger partial charge in [0.25, 0.3) is 5.56 Å². The number of hydrogen-bond acceptors (Lipinski definition) is 3. The van der Waals surface area contributed by atoms with Gasteiger partial charge >= 0.3 is 0 Å². The normalized spacial score (nSPS) is 12.3. The minimum atomic E-state index is -0.301. The maximum Gasteiger partial charge on any atom is 0.266 e. The highest BCUT2D eigenvalue weighted by molar-refractivity contribution is 5.29. The number of nitrogens with two attached hydrogens (primary N) is 1. The standard InChI is InChI=1S/C16H21N3O/c1-3-11-19-15(20)10-9-14(18-19)16(17)13-7-5-12(4-2)6-8-13/h5-10,16H,3-4,11,17H2,1-2H3. The summed E-state index contributed by atoms with van der Waals surface area (Å²) in [7, 11) is 0. The summed E-state index contributed by atoms with van der Waals surface area (Å²) < 4.78 is 1.48. The smallest absolute Gasteiger partial charge is 0.266 e. The SMILES string of the molecule is CCCn1nc(C(N)c2ccc(CC)cc2)ccc1=O. The first kappa shape index (κ1) is 14.5. The molecule has 4 heteroatoms. The van der Waals surface area contributed by atoms with E-state index in [2.05, 4.69) is 24.2 Å². The third-order valence-electron chi connectivity index (χ3n) is 3.39. The first-order valence-corrected chi connectivity index (χ1v) is 7.08. The van der Waals surface area contributed by atoms with Gasteiger partial charge in [-0.2, -0.15) is 5.10 Å². The second kappa shape index (κ2) is 6.48. The lowest BCUT2D eigenvalue weighted by atomic mass is 10.0. The Morgan fingerprint density at radius 3 is 2.45 bits per heavy atom. The number of aromatic nitrogens is 2. The van der Waals surface area contributed by atoms with Crippen molar-refractivity contribution in [3.63, 3.8) is 0 Å². The van der Waals surface area contributed by atoms with Gasteiger partial charge in [0.2, 0.25) is 0 Å². The van der Waals surface area contributed by atoms with Crippen molar-refractivity contribution in [3.8, 4) is 0 Å². The molecule has 0 aliphatic rings. The third-order valence-corrected chi connectivity index (χ3v) is 3.39. The van der Waals surface area contributed by atoms with Gasteiger partial charge in [-0.25, -0.2) is 4.68 Å². The predicted octanol–water partition coefficient (Wildman–Crippen LogP) is 2.26. The zero-order chi connectivity index (χ0) is 14.5. The van der Waals surface area contributed by atoms with Crippen LogP contribution in [0.25, 0.3) is 0 Å². The molecule has 0 aliphatic heterocycles. The van der Waals surface area contributed by atoms with Gasteiger partial charge in [0.05, 0.1) is 11.7 Å². The van der Waals surface area contributed by atoms with Gasteiger partial charge in [0.1, 0.15) is 0 Å². The Balaban J connectivity index is 2.29. The van der Waals surface area contributed by atoms with Gasteiger partial charge < -0.3 is 5.73 Å². The summed E-state index contributed by atoms with van der Waals surface area (Å²) in [5.41, 5.74) is 9.18. The number of rotatable bonds is 5. The Labute approximate surface area is 119 Å². The molecule has 106 valence electrons. The van der Waals surface area contributed by atoms with Gasteiger partial charge in [-0.1, -0.05) is 38.1 Å². The number of hydrogen-bond donors (Lipinski definition) is 1. The van der Waals surface area contributed by atoms with Crippen LogP contribution in [0.4, 0.5) is 0 Å². The Morgan fingerprint density at radius 1 is 1.15 bits per heavy atom. The van der Waals surface area contributed by atoms with Gasteiger partial charge in [-0.05, 0) is 30.0 Å². The fourth-order valence-electron chi connectivity index (χ4n) is 2.13. The highest BCUT2D eigenvalue weighted by Gasteiger charge is 2.11. The molecule has 0 radical (unpaired) electrons. The van der Waals surface area contributed by atoms with Crippen molar-refractivity contribution in [2.75, 3.05) is 0 Å². The number of aryl methyl sites for hydroxylation is 2. The molecule has 2 N–H and O–H groups in total. The summed E-state index contributed by atoms with van der Waals surface area (Å²) >= 11 is 0. The van der Waals surface area contributed by atoms with E-state index < -0.39 is 0 Å². The average Bonchev–Trinajstić information content (AvgIpc) is 2.49. The van der Waals surface area contributed by atoms with Crippen LogP contribution >= 0.6 is 0 Å². The van der Waals surface area contributed by atoms with Crippen LogP contribution in [-0.2, 0) is 13.0 Å². The number of benzene rings is 1. The zero-order valence-electron chi connectivity index (χ0n) is 12.0. The fourth-order valence-corrected chi connectivity index (χ4v) is 2.13. The van der Waals surface area contributed by atoms with E-state index in [0.717, 1.165) is 24.1 Å². The Morgan fingerprint density at radius 2 is 1.85 bits per heavy atom. The Kier molecular flexibility index (Phi) is 4.69. The van der Waals surface area contributed by atoms with Crippen LogP contribution < -0.4 is 11.3 Å². The van der Waals surface area contributed by atoms with Crippen LogP contribution in [-0.4, -0.2) is 9.78 Å². The van der Waals surface area contributed by atoms with Crippen molar-refractivity contribution in [1.82, 2.24) is 9.78 Å². The van der Waals surface area contributed by atoms with Crippen LogP contribution in [0.1, 0.15) is 43.1 Å². The Hall–Kier alpha value is -1.94. The molecule has 1 atom stereocenters. The minimum Gasteiger partial charge on any atom is -0.319 e. The maximum absolute atomic E-state index is 11.7. The summed E-state index contributed by atoms with van der Waals surface area (Å²) in [5, 5.41) is 4.36. The van der Waals surface area contributed by atoms with Gasteiger partial charge in [-0.15, -0.1) is 0 Å². The maximum atomic E-state index is 11.7. The molecule has 1 heterocycles. The molecule has 2 rings (SSSR count). The van der Waals surface area contributed by atoms with E-state index in [-0.39, 0.29) is 11.6 Å². The summed E-state index contributed by atoms with van der Waals surface area (Å²) in [6, 6.07) is 11.2. The molecular weight excluding hydrogens is 250 g/mol. The zero-order valence-corrected chi connectivity index (χ0v) is 12.0. The molecule has 0 spiro atoms. The van der Waals surface area contributed by atoms with Crippen LogP contribution in [0.2, 0.25) is 0 Å². The van der Waals surface area contributed by atoms with Crippen LogP contribution in [0.5, 0.6) is 0 Å². The lowest BCUT2D eigenvalue weighted by molar-refractivity contribution is 0.548. The van der Waals surface area contributed by atoms with Crippen LogP contribution in [0.15, 0.2) is 41.2 Å². The lowest BCUT2D eigenvalue weighted by Gasteiger charge is -2.13. The molecule has 1 unspecified atom stereocenters. The van der Waals surface area contributed by atoms with E-state index in [9.17, 15) is 4.79 Å². The van der Waals surface area contributed by atoms with Crippen molar-refractivity contribution < 1.29 is 0 Å². The van der Waals surface area contributed by atoms with E-state index in [0.29, 0.717) is 6.54 Å². The van der Waals surface area contributed by atoms with Gasteiger partial charge in [0, 0.05) is 12.6 Å². The van der Waals surface area contributed by atoms with Gasteiger partial charge in [0.15, 0.2) is 0 Å². The lowest BCUT2D eigenvalue weighted by Crippen LogP contribution is -2.25. The summed E-state index contributed by atoms with van der Waals surface area (Å²) in [4.78, 5) is 11.7. The fraction of sp³-hybridized carbons (Fsp3) is 0.375. The molecule has 0 aliphatic carbocycles. The third kappa shape index (κ3) is 3.14. The van der Waals surface area contributed by atoms with E-state index in [4.69, 9.17) is 5.73 Å². The quantitative estimate of drug-likeness (QED) is 0.907. The molecule has 0 bridgehead atoms. The molecule has 1 aromatic carbocycles. The van der Waals surface area contributed by atoms with Crippen molar-refractivity contribution in [2.45, 2.75) is 39.3 Å². The Bertz CT molecular complexity index is 616. The van der Waals surface area contributed by atoms with Crippen molar-refractivity contribution in [1.29, 1.82) is 0 Å². The van der Waals surface area contributed by atoms with E-state index in [1.807, 2.05) is 19.1 Å². The molecule has 20 heavy (non-hydrogen) atoms. The topological polar surface area (TPSA) is 60.9 Å². The van der Waals surface area contributed by atoms with Gasteiger partial charge in [-0.3, -0.25) is 4.79 Å². The molecule has 2 aromatic rings. The number of nitrogens with zero attached hydrogens (tertiary/aromatic N) is 2. The van der Waals surface area contributed by atoms with Crippen LogP contribution in [0.3, 0.4) is 0 Å². The first-order valence-electron chi connectivity index (χ1n) is 7.08. The predicted molar refractivity (Wildman–Crippen MR) is 80.6 cm³/mol. The molecule has 4 nitrogen and oxygen atoms in total. The minimum absolute atomic E-state index is 0.0795. The molecule has 0 saturated carbocycles. The molecule has 0 fully saturated rings. The highest BCUT2D eigenvalue weighted by atomic mass is 16.1. The summed E-state index contributed by atoms with van der Waals surface area (Å²) in [6.07, 6.45) is 1.88. The van der Waals surface area contributed by atoms with E-state index in [1.54, 1.807) is 6.07 Å². The summed E-state index contributed by atoms with van der Waals surface area (Å²) in [6.45, 7) is 4.76. The summed E-state index contributed by atoms with van der Waals surface area (Å²) in [5.74, 6) is 0.